The maximum atomic E-state index is 8.62. The molecule has 2 aromatic rings. The average Bonchev–Trinajstić information content (AvgIpc) is 2.17. The maximum absolute atomic E-state index is 8.62. The quantitative estimate of drug-likeness (QED) is 0.520. The van der Waals surface area contributed by atoms with Gasteiger partial charge < -0.3 is 9.62 Å². The Balaban J connectivity index is 0.000000845. The van der Waals surface area contributed by atoms with Gasteiger partial charge in [0.05, 0.1) is 6.26 Å². The van der Waals surface area contributed by atoms with E-state index in [1.807, 2.05) is 24.3 Å². The molecule has 0 unspecified atom stereocenters. The molecule has 68 valence electrons. The zero-order chi connectivity index (χ0) is 8.39. The summed E-state index contributed by atoms with van der Waals surface area (Å²) < 4.78 is 5.18. The van der Waals surface area contributed by atoms with Gasteiger partial charge in [-0.1, -0.05) is 17.3 Å². The number of hydrogen-bond acceptors (Lipinski definition) is 3. The predicted molar refractivity (Wildman–Crippen MR) is 50.8 cm³/mol. The highest BCUT2D eigenvalue weighted by Crippen LogP contribution is 2.07. The van der Waals surface area contributed by atoms with Crippen LogP contribution in [0.1, 0.15) is 0 Å². The first-order chi connectivity index (χ1) is 5.92. The molecule has 0 spiro atoms. The second-order valence-electron chi connectivity index (χ2n) is 2.40. The van der Waals surface area contributed by atoms with Crippen LogP contribution in [0.2, 0.25) is 0 Å². The van der Waals surface area contributed by atoms with Crippen LogP contribution in [-0.4, -0.2) is 5.21 Å². The van der Waals surface area contributed by atoms with Gasteiger partial charge in [-0.2, -0.15) is 0 Å². The van der Waals surface area contributed by atoms with Gasteiger partial charge in [0.1, 0.15) is 10.9 Å². The number of hydrogen-bond donors (Lipinski definition) is 1. The summed E-state index contributed by atoms with van der Waals surface area (Å²) in [7, 11) is 0. The van der Waals surface area contributed by atoms with Crippen LogP contribution < -0.4 is 5.36 Å². The Hall–Kier alpha value is -1.48. The molecule has 4 heteroatoms. The summed E-state index contributed by atoms with van der Waals surface area (Å²) in [5.74, 6) is 0. The maximum Gasteiger partial charge on any atom is 0.136 e. The van der Waals surface area contributed by atoms with Crippen LogP contribution in [0, 0.1) is 0 Å². The van der Waals surface area contributed by atoms with Crippen molar-refractivity contribution in [2.24, 2.45) is 5.16 Å². The van der Waals surface area contributed by atoms with Gasteiger partial charge in [0.25, 0.3) is 0 Å². The van der Waals surface area contributed by atoms with Gasteiger partial charge in [-0.25, -0.2) is 0 Å². The van der Waals surface area contributed by atoms with Crippen LogP contribution in [0.5, 0.6) is 0 Å². The van der Waals surface area contributed by atoms with E-state index in [0.29, 0.717) is 10.9 Å². The van der Waals surface area contributed by atoms with Crippen LogP contribution in [0.4, 0.5) is 0 Å². The number of nitrogens with zero attached hydrogens (tertiary/aromatic N) is 1. The van der Waals surface area contributed by atoms with Crippen LogP contribution in [0.15, 0.2) is 46.2 Å². The Morgan fingerprint density at radius 1 is 1.15 bits per heavy atom. The zero-order valence-electron chi connectivity index (χ0n) is 6.68. The van der Waals surface area contributed by atoms with Crippen molar-refractivity contribution in [3.05, 3.63) is 42.0 Å². The van der Waals surface area contributed by atoms with Gasteiger partial charge in [0, 0.05) is 11.5 Å². The fourth-order valence-electron chi connectivity index (χ4n) is 1.13. The van der Waals surface area contributed by atoms with Crippen LogP contribution >= 0.6 is 12.4 Å². The molecule has 1 N–H and O–H groups in total. The minimum Gasteiger partial charge on any atom is -0.464 e. The minimum absolute atomic E-state index is 0. The third-order valence-corrected chi connectivity index (χ3v) is 1.69. The van der Waals surface area contributed by atoms with E-state index in [4.69, 9.17) is 9.62 Å². The Labute approximate surface area is 80.7 Å². The van der Waals surface area contributed by atoms with Crippen molar-refractivity contribution in [1.29, 1.82) is 0 Å². The molecule has 1 aromatic heterocycles. The average molecular weight is 198 g/mol. The number of para-hydroxylation sites is 1. The molecule has 0 saturated heterocycles. The zero-order valence-corrected chi connectivity index (χ0v) is 7.49. The Morgan fingerprint density at radius 2 is 1.92 bits per heavy atom. The van der Waals surface area contributed by atoms with Crippen molar-refractivity contribution < 1.29 is 9.62 Å². The number of rotatable bonds is 0. The van der Waals surface area contributed by atoms with Crippen molar-refractivity contribution in [2.75, 3.05) is 0 Å². The summed E-state index contributed by atoms with van der Waals surface area (Å²) in [6.07, 6.45) is 1.50. The lowest BCUT2D eigenvalue weighted by Crippen LogP contribution is -2.00. The molecule has 3 nitrogen and oxygen atoms in total. The van der Waals surface area contributed by atoms with Crippen LogP contribution in [0.25, 0.3) is 11.0 Å². The monoisotopic (exact) mass is 197 g/mol. The Morgan fingerprint density at radius 3 is 2.69 bits per heavy atom. The van der Waals surface area contributed by atoms with E-state index in [1.165, 1.54) is 6.26 Å². The molecule has 0 saturated carbocycles. The Bertz CT molecular complexity index is 459. The first-order valence-electron chi connectivity index (χ1n) is 3.56. The molecular formula is C9H8ClNO2. The molecule has 13 heavy (non-hydrogen) atoms. The van der Waals surface area contributed by atoms with Gasteiger partial charge in [-0.3, -0.25) is 0 Å². The summed E-state index contributed by atoms with van der Waals surface area (Å²) in [6, 6.07) is 9.01. The van der Waals surface area contributed by atoms with Crippen LogP contribution in [-0.2, 0) is 0 Å². The normalized spacial score (nSPS) is 11.2. The lowest BCUT2D eigenvalue weighted by atomic mass is 10.2. The lowest BCUT2D eigenvalue weighted by molar-refractivity contribution is 0.302. The highest BCUT2D eigenvalue weighted by molar-refractivity contribution is 5.85. The minimum atomic E-state index is 0. The second kappa shape index (κ2) is 3.96. The van der Waals surface area contributed by atoms with E-state index in [2.05, 4.69) is 5.16 Å². The van der Waals surface area contributed by atoms with Crippen molar-refractivity contribution in [2.45, 2.75) is 0 Å². The van der Waals surface area contributed by atoms with Gasteiger partial charge in [0.2, 0.25) is 0 Å². The van der Waals surface area contributed by atoms with Gasteiger partial charge in [0.15, 0.2) is 0 Å². The lowest BCUT2D eigenvalue weighted by Gasteiger charge is -1.93. The molecule has 0 radical (unpaired) electrons. The van der Waals surface area contributed by atoms with E-state index >= 15 is 0 Å². The van der Waals surface area contributed by atoms with Crippen molar-refractivity contribution >= 4 is 23.4 Å². The van der Waals surface area contributed by atoms with Crippen molar-refractivity contribution in [3.63, 3.8) is 0 Å². The first-order valence-corrected chi connectivity index (χ1v) is 3.56. The molecule has 2 rings (SSSR count). The third kappa shape index (κ3) is 1.65. The van der Waals surface area contributed by atoms with Gasteiger partial charge >= 0.3 is 0 Å². The highest BCUT2D eigenvalue weighted by Gasteiger charge is 1.94. The second-order valence-corrected chi connectivity index (χ2v) is 2.40. The molecule has 0 atom stereocenters. The smallest absolute Gasteiger partial charge is 0.136 e. The van der Waals surface area contributed by atoms with E-state index in [0.717, 1.165) is 5.39 Å². The highest BCUT2D eigenvalue weighted by atomic mass is 35.5. The molecule has 1 heterocycles. The molecule has 0 fully saturated rings. The standard InChI is InChI=1S/C9H7NO2.ClH/c11-10-8-5-6-12-9-4-2-1-3-7(8)9;/h1-6,11H;1H. The fourth-order valence-corrected chi connectivity index (χ4v) is 1.13. The number of halogens is 1. The molecular weight excluding hydrogens is 190 g/mol. The Kier molecular flexibility index (Phi) is 2.93. The molecule has 0 aliphatic carbocycles. The fraction of sp³-hybridized carbons (Fsp3) is 0. The van der Waals surface area contributed by atoms with Crippen molar-refractivity contribution in [3.8, 4) is 0 Å². The number of benzene rings is 1. The molecule has 0 bridgehead atoms. The summed E-state index contributed by atoms with van der Waals surface area (Å²) in [4.78, 5) is 0. The summed E-state index contributed by atoms with van der Waals surface area (Å²) in [5.41, 5.74) is 0.716. The summed E-state index contributed by atoms with van der Waals surface area (Å²) in [6.45, 7) is 0. The summed E-state index contributed by atoms with van der Waals surface area (Å²) >= 11 is 0. The van der Waals surface area contributed by atoms with E-state index in [-0.39, 0.29) is 12.4 Å². The van der Waals surface area contributed by atoms with Crippen molar-refractivity contribution in [1.82, 2.24) is 0 Å². The largest absolute Gasteiger partial charge is 0.464 e. The van der Waals surface area contributed by atoms with Gasteiger partial charge in [-0.05, 0) is 12.1 Å². The van der Waals surface area contributed by atoms with Crippen LogP contribution in [0.3, 0.4) is 0 Å². The van der Waals surface area contributed by atoms with E-state index in [9.17, 15) is 0 Å². The molecule has 0 aliphatic heterocycles. The first kappa shape index (κ1) is 9.61. The molecule has 0 aliphatic rings. The number of fused-ring (bicyclic) bond motifs is 1. The SMILES string of the molecule is Cl.ON=c1ccoc2ccccc12. The molecule has 1 aromatic carbocycles. The van der Waals surface area contributed by atoms with E-state index < -0.39 is 0 Å². The topological polar surface area (TPSA) is 45.7 Å². The van der Waals surface area contributed by atoms with E-state index in [1.54, 1.807) is 6.07 Å². The third-order valence-electron chi connectivity index (χ3n) is 1.69. The summed E-state index contributed by atoms with van der Waals surface area (Å²) in [5, 5.41) is 13.1. The molecule has 0 amide bonds. The predicted octanol–water partition coefficient (Wildman–Crippen LogP) is 2.14. The van der Waals surface area contributed by atoms with Gasteiger partial charge in [-0.15, -0.1) is 12.4 Å².